The fourth-order valence-electron chi connectivity index (χ4n) is 1.65. The van der Waals surface area contributed by atoms with E-state index in [1.807, 2.05) is 57.2 Å². The number of nitrogens with zero attached hydrogens (tertiary/aromatic N) is 3. The molecule has 1 heterocycles. The largest absolute Gasteiger partial charge is 0.245 e. The summed E-state index contributed by atoms with van der Waals surface area (Å²) in [7, 11) is 0. The molecule has 4 nitrogen and oxygen atoms in total. The predicted molar refractivity (Wildman–Crippen MR) is 73.8 cm³/mol. The molecule has 18 heavy (non-hydrogen) atoms. The van der Waals surface area contributed by atoms with Gasteiger partial charge in [0.25, 0.3) is 0 Å². The summed E-state index contributed by atoms with van der Waals surface area (Å²) in [5, 5.41) is 4.29. The van der Waals surface area contributed by atoms with Crippen molar-refractivity contribution in [3.63, 3.8) is 0 Å². The van der Waals surface area contributed by atoms with Crippen molar-refractivity contribution >= 4 is 11.7 Å². The van der Waals surface area contributed by atoms with Crippen LogP contribution in [0.4, 0.5) is 5.95 Å². The van der Waals surface area contributed by atoms with Crippen LogP contribution in [0.15, 0.2) is 41.5 Å². The maximum absolute atomic E-state index is 4.29. The summed E-state index contributed by atoms with van der Waals surface area (Å²) >= 11 is 0. The standard InChI is InChI=1S/C14H16N4/c1-10-9-11(2)16-14(15-10)18-17-12(3)13-7-5-4-6-8-13/h4-9H,1-3H3,(H,15,16,18). The fourth-order valence-corrected chi connectivity index (χ4v) is 1.65. The van der Waals surface area contributed by atoms with Gasteiger partial charge in [0.15, 0.2) is 0 Å². The third-order valence-corrected chi connectivity index (χ3v) is 2.50. The molecule has 2 aromatic rings. The van der Waals surface area contributed by atoms with Gasteiger partial charge < -0.3 is 0 Å². The number of aromatic nitrogens is 2. The molecule has 0 aliphatic rings. The summed E-state index contributed by atoms with van der Waals surface area (Å²) in [6, 6.07) is 11.9. The molecule has 0 saturated carbocycles. The Labute approximate surface area is 107 Å². The van der Waals surface area contributed by atoms with Gasteiger partial charge in [0.2, 0.25) is 5.95 Å². The minimum atomic E-state index is 0.530. The second-order valence-electron chi connectivity index (χ2n) is 4.15. The Morgan fingerprint density at radius 3 is 2.28 bits per heavy atom. The molecule has 0 atom stereocenters. The summed E-state index contributed by atoms with van der Waals surface area (Å²) in [6.07, 6.45) is 0. The molecule has 0 spiro atoms. The number of aryl methyl sites for hydroxylation is 2. The molecule has 0 unspecified atom stereocenters. The van der Waals surface area contributed by atoms with Crippen molar-refractivity contribution in [2.24, 2.45) is 5.10 Å². The summed E-state index contributed by atoms with van der Waals surface area (Å²) in [6.45, 7) is 5.83. The third-order valence-electron chi connectivity index (χ3n) is 2.50. The average Bonchev–Trinajstić information content (AvgIpc) is 2.36. The summed E-state index contributed by atoms with van der Waals surface area (Å²) in [4.78, 5) is 8.54. The van der Waals surface area contributed by atoms with E-state index in [1.54, 1.807) is 0 Å². The molecule has 1 aromatic heterocycles. The first-order valence-electron chi connectivity index (χ1n) is 5.83. The molecular weight excluding hydrogens is 224 g/mol. The lowest BCUT2D eigenvalue weighted by Crippen LogP contribution is -2.03. The quantitative estimate of drug-likeness (QED) is 0.663. The second-order valence-corrected chi connectivity index (χ2v) is 4.15. The maximum atomic E-state index is 4.29. The van der Waals surface area contributed by atoms with Crippen LogP contribution in [-0.4, -0.2) is 15.7 Å². The van der Waals surface area contributed by atoms with E-state index in [2.05, 4.69) is 20.5 Å². The molecule has 4 heteroatoms. The molecular formula is C14H16N4. The SMILES string of the molecule is CC(=NNc1nc(C)cc(C)n1)c1ccccc1. The second kappa shape index (κ2) is 5.40. The van der Waals surface area contributed by atoms with E-state index in [-0.39, 0.29) is 0 Å². The Morgan fingerprint density at radius 1 is 1.06 bits per heavy atom. The van der Waals surface area contributed by atoms with Crippen LogP contribution in [0.25, 0.3) is 0 Å². The Hall–Kier alpha value is -2.23. The monoisotopic (exact) mass is 240 g/mol. The van der Waals surface area contributed by atoms with Crippen molar-refractivity contribution in [2.45, 2.75) is 20.8 Å². The van der Waals surface area contributed by atoms with Crippen LogP contribution in [0.5, 0.6) is 0 Å². The molecule has 1 N–H and O–H groups in total. The van der Waals surface area contributed by atoms with Crippen LogP contribution >= 0.6 is 0 Å². The number of benzene rings is 1. The highest BCUT2D eigenvalue weighted by Crippen LogP contribution is 2.05. The Balaban J connectivity index is 2.15. The van der Waals surface area contributed by atoms with Gasteiger partial charge in [0, 0.05) is 11.4 Å². The number of hydrazone groups is 1. The number of rotatable bonds is 3. The van der Waals surface area contributed by atoms with Crippen molar-refractivity contribution in [3.05, 3.63) is 53.3 Å². The topological polar surface area (TPSA) is 50.2 Å². The molecule has 0 fully saturated rings. The van der Waals surface area contributed by atoms with E-state index < -0.39 is 0 Å². The normalized spacial score (nSPS) is 11.4. The zero-order valence-corrected chi connectivity index (χ0v) is 10.8. The lowest BCUT2D eigenvalue weighted by Gasteiger charge is -2.04. The minimum Gasteiger partial charge on any atom is -0.245 e. The number of hydrogen-bond acceptors (Lipinski definition) is 4. The average molecular weight is 240 g/mol. The van der Waals surface area contributed by atoms with Gasteiger partial charge in [-0.3, -0.25) is 0 Å². The van der Waals surface area contributed by atoms with Crippen LogP contribution in [0, 0.1) is 13.8 Å². The van der Waals surface area contributed by atoms with Gasteiger partial charge in [-0.25, -0.2) is 15.4 Å². The zero-order valence-electron chi connectivity index (χ0n) is 10.8. The summed E-state index contributed by atoms with van der Waals surface area (Å²) < 4.78 is 0. The van der Waals surface area contributed by atoms with Crippen molar-refractivity contribution in [3.8, 4) is 0 Å². The van der Waals surface area contributed by atoms with Crippen LogP contribution in [-0.2, 0) is 0 Å². The van der Waals surface area contributed by atoms with Crippen LogP contribution < -0.4 is 5.43 Å². The van der Waals surface area contributed by atoms with Crippen LogP contribution in [0.1, 0.15) is 23.9 Å². The highest BCUT2D eigenvalue weighted by Gasteiger charge is 1.99. The molecule has 0 amide bonds. The fraction of sp³-hybridized carbons (Fsp3) is 0.214. The highest BCUT2D eigenvalue weighted by molar-refractivity contribution is 5.98. The van der Waals surface area contributed by atoms with Gasteiger partial charge in [-0.2, -0.15) is 5.10 Å². The smallest absolute Gasteiger partial charge is 0.243 e. The van der Waals surface area contributed by atoms with E-state index in [0.29, 0.717) is 5.95 Å². The van der Waals surface area contributed by atoms with E-state index in [1.165, 1.54) is 0 Å². The Morgan fingerprint density at radius 2 is 1.67 bits per heavy atom. The number of hydrogen-bond donors (Lipinski definition) is 1. The van der Waals surface area contributed by atoms with Gasteiger partial charge in [0.1, 0.15) is 0 Å². The predicted octanol–water partition coefficient (Wildman–Crippen LogP) is 2.93. The molecule has 0 saturated heterocycles. The molecule has 2 rings (SSSR count). The molecule has 0 aliphatic carbocycles. The zero-order chi connectivity index (χ0) is 13.0. The summed E-state index contributed by atoms with van der Waals surface area (Å²) in [5.74, 6) is 0.530. The van der Waals surface area contributed by atoms with E-state index in [9.17, 15) is 0 Å². The lowest BCUT2D eigenvalue weighted by atomic mass is 10.1. The van der Waals surface area contributed by atoms with Crippen LogP contribution in [0.2, 0.25) is 0 Å². The van der Waals surface area contributed by atoms with Gasteiger partial charge in [-0.1, -0.05) is 30.3 Å². The van der Waals surface area contributed by atoms with Crippen molar-refractivity contribution in [1.82, 2.24) is 9.97 Å². The summed E-state index contributed by atoms with van der Waals surface area (Å²) in [5.41, 5.74) is 6.73. The lowest BCUT2D eigenvalue weighted by molar-refractivity contribution is 1.03. The Bertz CT molecular complexity index is 541. The number of nitrogens with one attached hydrogen (secondary N) is 1. The maximum Gasteiger partial charge on any atom is 0.243 e. The van der Waals surface area contributed by atoms with Gasteiger partial charge in [-0.15, -0.1) is 0 Å². The van der Waals surface area contributed by atoms with E-state index in [4.69, 9.17) is 0 Å². The van der Waals surface area contributed by atoms with Crippen molar-refractivity contribution in [1.29, 1.82) is 0 Å². The van der Waals surface area contributed by atoms with Gasteiger partial charge in [-0.05, 0) is 32.4 Å². The first-order chi connectivity index (χ1) is 8.65. The Kier molecular flexibility index (Phi) is 3.67. The molecule has 1 aromatic carbocycles. The number of anilines is 1. The van der Waals surface area contributed by atoms with E-state index in [0.717, 1.165) is 22.7 Å². The first-order valence-corrected chi connectivity index (χ1v) is 5.83. The molecule has 0 bridgehead atoms. The van der Waals surface area contributed by atoms with E-state index >= 15 is 0 Å². The van der Waals surface area contributed by atoms with Crippen LogP contribution in [0.3, 0.4) is 0 Å². The minimum absolute atomic E-state index is 0.530. The molecule has 0 aliphatic heterocycles. The van der Waals surface area contributed by atoms with Gasteiger partial charge >= 0.3 is 0 Å². The first kappa shape index (κ1) is 12.2. The van der Waals surface area contributed by atoms with Crippen molar-refractivity contribution in [2.75, 3.05) is 5.43 Å². The molecule has 92 valence electrons. The van der Waals surface area contributed by atoms with Crippen molar-refractivity contribution < 1.29 is 0 Å². The third kappa shape index (κ3) is 3.13. The van der Waals surface area contributed by atoms with Gasteiger partial charge in [0.05, 0.1) is 5.71 Å². The molecule has 0 radical (unpaired) electrons. The highest BCUT2D eigenvalue weighted by atomic mass is 15.4.